The van der Waals surface area contributed by atoms with Gasteiger partial charge in [-0.2, -0.15) is 0 Å². The summed E-state index contributed by atoms with van der Waals surface area (Å²) in [7, 11) is 0. The Bertz CT molecular complexity index is 447. The van der Waals surface area contributed by atoms with Gasteiger partial charge in [-0.1, -0.05) is 34.6 Å². The van der Waals surface area contributed by atoms with Crippen LogP contribution in [0.25, 0.3) is 0 Å². The average Bonchev–Trinajstić information content (AvgIpc) is 2.55. The van der Waals surface area contributed by atoms with E-state index in [9.17, 15) is 14.7 Å². The number of aldehydes is 1. The number of hydrogen-bond donors (Lipinski definition) is 1. The average molecular weight is 238 g/mol. The van der Waals surface area contributed by atoms with Gasteiger partial charge in [0.1, 0.15) is 17.1 Å². The first-order valence-corrected chi connectivity index (χ1v) is 5.55. The minimum atomic E-state index is -1.12. The van der Waals surface area contributed by atoms with Crippen molar-refractivity contribution < 1.29 is 19.1 Å². The summed E-state index contributed by atoms with van der Waals surface area (Å²) in [4.78, 5) is 22.3. The molecule has 0 saturated heterocycles. The third-order valence-corrected chi connectivity index (χ3v) is 2.51. The number of carbonyl (C=O) groups is 2. The lowest BCUT2D eigenvalue weighted by molar-refractivity contribution is 0.0691. The summed E-state index contributed by atoms with van der Waals surface area (Å²) in [6.45, 7) is 9.33. The molecule has 0 aliphatic carbocycles. The third-order valence-electron chi connectivity index (χ3n) is 2.51. The molecule has 0 saturated carbocycles. The fraction of sp³-hybridized carbons (Fsp3) is 0.538. The van der Waals surface area contributed by atoms with Crippen molar-refractivity contribution in [3.63, 3.8) is 0 Å². The van der Waals surface area contributed by atoms with Crippen molar-refractivity contribution in [2.75, 3.05) is 0 Å². The molecule has 0 spiro atoms. The van der Waals surface area contributed by atoms with E-state index in [4.69, 9.17) is 4.42 Å². The van der Waals surface area contributed by atoms with Crippen molar-refractivity contribution in [1.29, 1.82) is 0 Å². The maximum Gasteiger partial charge on any atom is 0.340 e. The molecule has 0 aliphatic rings. The Balaban J connectivity index is 3.61. The van der Waals surface area contributed by atoms with Crippen LogP contribution in [0.15, 0.2) is 4.42 Å². The van der Waals surface area contributed by atoms with Crippen molar-refractivity contribution in [1.82, 2.24) is 0 Å². The maximum absolute atomic E-state index is 11.2. The van der Waals surface area contributed by atoms with E-state index in [0.29, 0.717) is 17.8 Å². The number of hydrogen-bond acceptors (Lipinski definition) is 3. The molecule has 1 aromatic rings. The largest absolute Gasteiger partial charge is 0.478 e. The second-order valence-corrected chi connectivity index (χ2v) is 5.41. The van der Waals surface area contributed by atoms with Gasteiger partial charge < -0.3 is 9.52 Å². The van der Waals surface area contributed by atoms with Crippen LogP contribution in [0.2, 0.25) is 0 Å². The molecular weight excluding hydrogens is 220 g/mol. The fourth-order valence-electron chi connectivity index (χ4n) is 1.76. The summed E-state index contributed by atoms with van der Waals surface area (Å²) in [6, 6.07) is 0. The van der Waals surface area contributed by atoms with Crippen molar-refractivity contribution in [3.05, 3.63) is 22.6 Å². The minimum absolute atomic E-state index is 0.0000694. The third kappa shape index (κ3) is 2.40. The molecule has 0 fully saturated rings. The van der Waals surface area contributed by atoms with Crippen LogP contribution in [-0.4, -0.2) is 17.4 Å². The summed E-state index contributed by atoms with van der Waals surface area (Å²) in [5, 5.41) is 9.19. The molecule has 0 radical (unpaired) electrons. The monoisotopic (exact) mass is 238 g/mol. The fourth-order valence-corrected chi connectivity index (χ4v) is 1.76. The molecule has 1 N–H and O–H groups in total. The molecule has 0 unspecified atom stereocenters. The number of furan rings is 1. The Kier molecular flexibility index (Phi) is 3.45. The summed E-state index contributed by atoms with van der Waals surface area (Å²) in [6.07, 6.45) is 0.569. The predicted molar refractivity (Wildman–Crippen MR) is 63.8 cm³/mol. The number of aromatic carboxylic acids is 1. The zero-order valence-corrected chi connectivity index (χ0v) is 10.8. The zero-order valence-electron chi connectivity index (χ0n) is 10.8. The van der Waals surface area contributed by atoms with Crippen molar-refractivity contribution >= 4 is 12.3 Å². The smallest absolute Gasteiger partial charge is 0.340 e. The predicted octanol–water partition coefficient (Wildman–Crippen LogP) is 3.21. The molecule has 17 heavy (non-hydrogen) atoms. The lowest BCUT2D eigenvalue weighted by Crippen LogP contribution is -2.13. The van der Waals surface area contributed by atoms with Crippen molar-refractivity contribution in [3.8, 4) is 0 Å². The first-order chi connectivity index (χ1) is 7.70. The molecule has 0 bridgehead atoms. The van der Waals surface area contributed by atoms with E-state index in [1.807, 2.05) is 34.6 Å². The molecule has 0 amide bonds. The van der Waals surface area contributed by atoms with Gasteiger partial charge in [0.15, 0.2) is 6.29 Å². The highest BCUT2D eigenvalue weighted by atomic mass is 16.4. The highest BCUT2D eigenvalue weighted by Gasteiger charge is 2.32. The van der Waals surface area contributed by atoms with E-state index in [1.165, 1.54) is 0 Å². The van der Waals surface area contributed by atoms with Gasteiger partial charge in [-0.05, 0) is 0 Å². The second kappa shape index (κ2) is 4.35. The van der Waals surface area contributed by atoms with Gasteiger partial charge in [-0.25, -0.2) is 4.79 Å². The molecule has 0 aliphatic heterocycles. The normalized spacial score (nSPS) is 11.9. The van der Waals surface area contributed by atoms with E-state index in [2.05, 4.69) is 0 Å². The Hall–Kier alpha value is -1.58. The molecule has 4 heteroatoms. The zero-order chi connectivity index (χ0) is 13.4. The maximum atomic E-state index is 11.2. The Morgan fingerprint density at radius 2 is 1.88 bits per heavy atom. The van der Waals surface area contributed by atoms with Crippen LogP contribution in [-0.2, 0) is 5.41 Å². The summed E-state index contributed by atoms with van der Waals surface area (Å²) < 4.78 is 5.61. The summed E-state index contributed by atoms with van der Waals surface area (Å²) in [5.41, 5.74) is -0.234. The van der Waals surface area contributed by atoms with E-state index < -0.39 is 11.4 Å². The van der Waals surface area contributed by atoms with E-state index in [0.717, 1.165) is 0 Å². The lowest BCUT2D eigenvalue weighted by Gasteiger charge is -2.15. The summed E-state index contributed by atoms with van der Waals surface area (Å²) in [5.74, 6) is -0.385. The number of carboxylic acids is 1. The van der Waals surface area contributed by atoms with Gasteiger partial charge in [0.2, 0.25) is 0 Å². The quantitative estimate of drug-likeness (QED) is 0.821. The van der Waals surface area contributed by atoms with Gasteiger partial charge in [-0.15, -0.1) is 0 Å². The van der Waals surface area contributed by atoms with Gasteiger partial charge in [-0.3, -0.25) is 4.79 Å². The molecule has 94 valence electrons. The van der Waals surface area contributed by atoms with E-state index in [1.54, 1.807) is 0 Å². The topological polar surface area (TPSA) is 67.5 Å². The van der Waals surface area contributed by atoms with Crippen LogP contribution in [0.1, 0.15) is 72.8 Å². The number of rotatable bonds is 3. The van der Waals surface area contributed by atoms with Gasteiger partial charge in [0.05, 0.1) is 5.56 Å². The molecular formula is C13H18O4. The van der Waals surface area contributed by atoms with Crippen LogP contribution in [0, 0.1) is 0 Å². The highest BCUT2D eigenvalue weighted by Crippen LogP contribution is 2.34. The number of carboxylic acid groups (broad SMARTS) is 1. The minimum Gasteiger partial charge on any atom is -0.478 e. The lowest BCUT2D eigenvalue weighted by atomic mass is 9.89. The number of carbonyl (C=O) groups excluding carboxylic acids is 1. The van der Waals surface area contributed by atoms with Crippen LogP contribution in [0.5, 0.6) is 0 Å². The van der Waals surface area contributed by atoms with Crippen LogP contribution >= 0.6 is 0 Å². The Labute approximate surface area is 101 Å². The van der Waals surface area contributed by atoms with Crippen LogP contribution in [0.4, 0.5) is 0 Å². The summed E-state index contributed by atoms with van der Waals surface area (Å²) >= 11 is 0. The standard InChI is InChI=1S/C13H18O4/c1-7(2)10-9(12(15)16)8(6-14)11(17-10)13(3,4)5/h6-7H,1-5H3,(H,15,16). The highest BCUT2D eigenvalue weighted by molar-refractivity contribution is 5.99. The Morgan fingerprint density at radius 1 is 1.35 bits per heavy atom. The van der Waals surface area contributed by atoms with Crippen molar-refractivity contribution in [2.24, 2.45) is 0 Å². The van der Waals surface area contributed by atoms with Crippen molar-refractivity contribution in [2.45, 2.75) is 46.0 Å². The van der Waals surface area contributed by atoms with E-state index in [-0.39, 0.29) is 17.0 Å². The molecule has 0 atom stereocenters. The molecule has 4 nitrogen and oxygen atoms in total. The second-order valence-electron chi connectivity index (χ2n) is 5.41. The van der Waals surface area contributed by atoms with E-state index >= 15 is 0 Å². The first kappa shape index (κ1) is 13.5. The van der Waals surface area contributed by atoms with Crippen LogP contribution < -0.4 is 0 Å². The first-order valence-electron chi connectivity index (χ1n) is 5.55. The SMILES string of the molecule is CC(C)c1oc(C(C)(C)C)c(C=O)c1C(=O)O. The molecule has 1 aromatic heterocycles. The van der Waals surface area contributed by atoms with Crippen LogP contribution in [0.3, 0.4) is 0 Å². The van der Waals surface area contributed by atoms with Gasteiger partial charge >= 0.3 is 5.97 Å². The van der Waals surface area contributed by atoms with Gasteiger partial charge in [0, 0.05) is 11.3 Å². The van der Waals surface area contributed by atoms with Gasteiger partial charge in [0.25, 0.3) is 0 Å². The Morgan fingerprint density at radius 3 is 2.18 bits per heavy atom. The molecule has 1 rings (SSSR count). The molecule has 1 heterocycles. The molecule has 0 aromatic carbocycles.